The smallest absolute Gasteiger partial charge is 0.338 e. The van der Waals surface area contributed by atoms with Crippen LogP contribution in [-0.2, 0) is 22.4 Å². The van der Waals surface area contributed by atoms with Gasteiger partial charge in [0.05, 0.1) is 12.7 Å². The minimum Gasteiger partial charge on any atom is -0.465 e. The summed E-state index contributed by atoms with van der Waals surface area (Å²) < 4.78 is 4.90. The molecule has 1 atom stereocenters. The van der Waals surface area contributed by atoms with Crippen LogP contribution < -0.4 is 4.90 Å². The van der Waals surface area contributed by atoms with Crippen molar-refractivity contribution in [1.29, 1.82) is 0 Å². The molecule has 28 heavy (non-hydrogen) atoms. The Balaban J connectivity index is 1.51. The van der Waals surface area contributed by atoms with E-state index in [9.17, 15) is 9.59 Å². The first-order valence-electron chi connectivity index (χ1n) is 10.1. The lowest BCUT2D eigenvalue weighted by Gasteiger charge is -2.27. The zero-order valence-corrected chi connectivity index (χ0v) is 16.3. The van der Waals surface area contributed by atoms with E-state index in [1.165, 1.54) is 18.2 Å². The summed E-state index contributed by atoms with van der Waals surface area (Å²) in [5, 5.41) is 0. The fraction of sp³-hybridized carbons (Fsp3) is 0.435. The fourth-order valence-electron chi connectivity index (χ4n) is 4.56. The molecule has 2 aromatic rings. The number of fused-ring (bicyclic) bond motifs is 1. The highest BCUT2D eigenvalue weighted by molar-refractivity contribution is 5.95. The third-order valence-electron chi connectivity index (χ3n) is 6.02. The molecule has 1 saturated heterocycles. The normalized spacial score (nSPS) is 18.8. The largest absolute Gasteiger partial charge is 0.465 e. The van der Waals surface area contributed by atoms with Gasteiger partial charge >= 0.3 is 5.97 Å². The monoisotopic (exact) mass is 378 g/mol. The highest BCUT2D eigenvalue weighted by atomic mass is 16.5. The van der Waals surface area contributed by atoms with Crippen LogP contribution in [-0.4, -0.2) is 30.5 Å². The van der Waals surface area contributed by atoms with Crippen LogP contribution in [0.3, 0.4) is 0 Å². The van der Waals surface area contributed by atoms with Gasteiger partial charge in [-0.3, -0.25) is 9.78 Å². The first-order valence-corrected chi connectivity index (χ1v) is 10.1. The first-order chi connectivity index (χ1) is 13.7. The van der Waals surface area contributed by atoms with Crippen molar-refractivity contribution >= 4 is 17.6 Å². The average molecular weight is 378 g/mol. The highest BCUT2D eigenvalue weighted by Crippen LogP contribution is 2.37. The van der Waals surface area contributed by atoms with Crippen molar-refractivity contribution in [2.24, 2.45) is 0 Å². The predicted molar refractivity (Wildman–Crippen MR) is 108 cm³/mol. The zero-order chi connectivity index (χ0) is 19.5. The summed E-state index contributed by atoms with van der Waals surface area (Å²) in [5.41, 5.74) is 5.36. The maximum absolute atomic E-state index is 12.1. The lowest BCUT2D eigenvalue weighted by Crippen LogP contribution is -2.24. The maximum atomic E-state index is 12.1. The summed E-state index contributed by atoms with van der Waals surface area (Å²) in [4.78, 5) is 30.2. The number of esters is 1. The summed E-state index contributed by atoms with van der Waals surface area (Å²) in [5.74, 6) is 0.401. The number of ether oxygens (including phenoxy) is 1. The van der Waals surface area contributed by atoms with Crippen molar-refractivity contribution in [3.63, 3.8) is 0 Å². The number of hydrogen-bond acceptors (Lipinski definition) is 4. The predicted octanol–water partition coefficient (Wildman–Crippen LogP) is 4.05. The Labute approximate surface area is 165 Å². The molecule has 1 fully saturated rings. The van der Waals surface area contributed by atoms with E-state index in [1.54, 1.807) is 18.5 Å². The second-order valence-electron chi connectivity index (χ2n) is 7.68. The Hall–Kier alpha value is -2.69. The molecule has 2 heterocycles. The zero-order valence-electron chi connectivity index (χ0n) is 16.3. The number of amides is 1. The second-order valence-corrected chi connectivity index (χ2v) is 7.68. The van der Waals surface area contributed by atoms with Crippen LogP contribution >= 0.6 is 0 Å². The molecule has 4 rings (SSSR count). The molecule has 0 spiro atoms. The molecule has 1 amide bonds. The Bertz CT molecular complexity index is 893. The Morgan fingerprint density at radius 1 is 1.25 bits per heavy atom. The molecule has 2 aliphatic rings. The molecule has 0 N–H and O–H groups in total. The summed E-state index contributed by atoms with van der Waals surface area (Å²) in [6.07, 6.45) is 10.2. The van der Waals surface area contributed by atoms with E-state index in [1.807, 2.05) is 4.90 Å². The van der Waals surface area contributed by atoms with Crippen molar-refractivity contribution < 1.29 is 14.3 Å². The minimum absolute atomic E-state index is 0.235. The number of aromatic nitrogens is 1. The maximum Gasteiger partial charge on any atom is 0.338 e. The second kappa shape index (κ2) is 8.13. The van der Waals surface area contributed by atoms with Gasteiger partial charge < -0.3 is 9.64 Å². The van der Waals surface area contributed by atoms with E-state index >= 15 is 0 Å². The van der Waals surface area contributed by atoms with Crippen molar-refractivity contribution in [3.8, 4) is 0 Å². The molecular formula is C23H26N2O3. The molecule has 0 saturated carbocycles. The highest BCUT2D eigenvalue weighted by Gasteiger charge is 2.25. The van der Waals surface area contributed by atoms with Crippen LogP contribution in [0.25, 0.3) is 0 Å². The number of rotatable bonds is 5. The van der Waals surface area contributed by atoms with Crippen LogP contribution in [0.1, 0.15) is 65.1 Å². The number of aryl methyl sites for hydroxylation is 2. The summed E-state index contributed by atoms with van der Waals surface area (Å²) in [7, 11) is 1.41. The molecule has 146 valence electrons. The number of methoxy groups -OCH3 is 1. The van der Waals surface area contributed by atoms with Gasteiger partial charge in [-0.2, -0.15) is 0 Å². The summed E-state index contributed by atoms with van der Waals surface area (Å²) in [6, 6.07) is 8.26. The van der Waals surface area contributed by atoms with Crippen LogP contribution in [0, 0.1) is 0 Å². The molecule has 5 nitrogen and oxygen atoms in total. The Morgan fingerprint density at radius 3 is 2.93 bits per heavy atom. The summed E-state index contributed by atoms with van der Waals surface area (Å²) in [6.45, 7) is 0.832. The first kappa shape index (κ1) is 18.7. The molecule has 0 bridgehead atoms. The van der Waals surface area contributed by atoms with E-state index in [4.69, 9.17) is 4.74 Å². The molecule has 1 aliphatic heterocycles. The molecule has 0 radical (unpaired) electrons. The number of hydrogen-bond donors (Lipinski definition) is 0. The quantitative estimate of drug-likeness (QED) is 0.737. The number of benzene rings is 1. The topological polar surface area (TPSA) is 59.5 Å². The van der Waals surface area contributed by atoms with Gasteiger partial charge in [0, 0.05) is 31.0 Å². The molecule has 1 unspecified atom stereocenters. The van der Waals surface area contributed by atoms with Gasteiger partial charge in [0.15, 0.2) is 0 Å². The van der Waals surface area contributed by atoms with Gasteiger partial charge in [0.1, 0.15) is 0 Å². The molecule has 1 aromatic heterocycles. The van der Waals surface area contributed by atoms with E-state index < -0.39 is 0 Å². The molecular weight excluding hydrogens is 352 g/mol. The SMILES string of the molecule is COC(=O)c1ccncc1CCC1CCCc2cc(N3CCCC3=O)ccc21. The number of carbonyl (C=O) groups is 2. The van der Waals surface area contributed by atoms with Gasteiger partial charge in [-0.05, 0) is 79.3 Å². The van der Waals surface area contributed by atoms with Crippen molar-refractivity contribution in [1.82, 2.24) is 4.98 Å². The van der Waals surface area contributed by atoms with Gasteiger partial charge in [-0.25, -0.2) is 4.79 Å². The van der Waals surface area contributed by atoms with E-state index in [-0.39, 0.29) is 11.9 Å². The van der Waals surface area contributed by atoms with E-state index in [0.717, 1.165) is 56.3 Å². The van der Waals surface area contributed by atoms with Gasteiger partial charge in [-0.1, -0.05) is 6.07 Å². The Morgan fingerprint density at radius 2 is 2.14 bits per heavy atom. The number of pyridine rings is 1. The minimum atomic E-state index is -0.304. The lowest BCUT2D eigenvalue weighted by atomic mass is 9.79. The van der Waals surface area contributed by atoms with E-state index in [0.29, 0.717) is 17.9 Å². The Kier molecular flexibility index (Phi) is 5.42. The van der Waals surface area contributed by atoms with Crippen LogP contribution in [0.2, 0.25) is 0 Å². The van der Waals surface area contributed by atoms with Gasteiger partial charge in [0.2, 0.25) is 5.91 Å². The van der Waals surface area contributed by atoms with Crippen LogP contribution in [0.4, 0.5) is 5.69 Å². The standard InChI is InChI=1S/C23H26N2O3/c1-28-23(27)21-11-12-24-15-18(21)8-7-16-4-2-5-17-14-19(9-10-20(16)17)25-13-3-6-22(25)26/h9-12,14-16H,2-8,13H2,1H3. The van der Waals surface area contributed by atoms with Gasteiger partial charge in [-0.15, -0.1) is 0 Å². The number of nitrogens with zero attached hydrogens (tertiary/aromatic N) is 2. The van der Waals surface area contributed by atoms with Crippen molar-refractivity contribution in [3.05, 3.63) is 58.9 Å². The van der Waals surface area contributed by atoms with Crippen LogP contribution in [0.15, 0.2) is 36.7 Å². The fourth-order valence-corrected chi connectivity index (χ4v) is 4.56. The van der Waals surface area contributed by atoms with Gasteiger partial charge in [0.25, 0.3) is 0 Å². The summed E-state index contributed by atoms with van der Waals surface area (Å²) >= 11 is 0. The van der Waals surface area contributed by atoms with Crippen LogP contribution in [0.5, 0.6) is 0 Å². The van der Waals surface area contributed by atoms with Crippen molar-refractivity contribution in [2.75, 3.05) is 18.6 Å². The van der Waals surface area contributed by atoms with Crippen molar-refractivity contribution in [2.45, 2.75) is 50.9 Å². The average Bonchev–Trinajstić information content (AvgIpc) is 3.17. The molecule has 1 aliphatic carbocycles. The van der Waals surface area contributed by atoms with E-state index in [2.05, 4.69) is 23.2 Å². The molecule has 5 heteroatoms. The third-order valence-corrected chi connectivity index (χ3v) is 6.02. The number of carbonyl (C=O) groups excluding carboxylic acids is 2. The third kappa shape index (κ3) is 3.66. The molecule has 1 aromatic carbocycles. The number of anilines is 1. The lowest BCUT2D eigenvalue weighted by molar-refractivity contribution is -0.117.